The summed E-state index contributed by atoms with van der Waals surface area (Å²) in [6.45, 7) is 2.19. The highest BCUT2D eigenvalue weighted by molar-refractivity contribution is 7.90. The Morgan fingerprint density at radius 1 is 1.24 bits per heavy atom. The van der Waals surface area contributed by atoms with Crippen molar-refractivity contribution in [3.63, 3.8) is 0 Å². The Bertz CT molecular complexity index is 372. The summed E-state index contributed by atoms with van der Waals surface area (Å²) in [6, 6.07) is 0. The predicted molar refractivity (Wildman–Crippen MR) is 63.2 cm³/mol. The van der Waals surface area contributed by atoms with Crippen molar-refractivity contribution in [2.45, 2.75) is 12.8 Å². The molecule has 0 aliphatic carbocycles. The molecule has 0 aromatic rings. The first-order valence-electron chi connectivity index (χ1n) is 5.57. The van der Waals surface area contributed by atoms with Gasteiger partial charge in [0, 0.05) is 38.9 Å². The fourth-order valence-electron chi connectivity index (χ4n) is 1.72. The van der Waals surface area contributed by atoms with Gasteiger partial charge in [0.25, 0.3) is 0 Å². The van der Waals surface area contributed by atoms with Crippen LogP contribution in [0.3, 0.4) is 0 Å². The second-order valence-electron chi connectivity index (χ2n) is 4.26. The number of hydrogen-bond acceptors (Lipinski definition) is 4. The highest BCUT2D eigenvalue weighted by Gasteiger charge is 2.19. The molecule has 0 atom stereocenters. The van der Waals surface area contributed by atoms with Crippen molar-refractivity contribution in [3.05, 3.63) is 0 Å². The van der Waals surface area contributed by atoms with Crippen LogP contribution in [0.25, 0.3) is 0 Å². The molecule has 98 valence electrons. The van der Waals surface area contributed by atoms with Gasteiger partial charge in [-0.25, -0.2) is 8.42 Å². The second-order valence-corrected chi connectivity index (χ2v) is 6.52. The van der Waals surface area contributed by atoms with E-state index in [-0.39, 0.29) is 18.1 Å². The highest BCUT2D eigenvalue weighted by atomic mass is 32.2. The van der Waals surface area contributed by atoms with Gasteiger partial charge in [-0.2, -0.15) is 0 Å². The lowest BCUT2D eigenvalue weighted by Gasteiger charge is -2.32. The Hall–Kier alpha value is -1.11. The quantitative estimate of drug-likeness (QED) is 0.603. The van der Waals surface area contributed by atoms with Crippen molar-refractivity contribution >= 4 is 22.2 Å². The molecule has 6 nitrogen and oxygen atoms in total. The van der Waals surface area contributed by atoms with Crippen LogP contribution in [0.1, 0.15) is 12.8 Å². The smallest absolute Gasteiger partial charge is 0.222 e. The first kappa shape index (κ1) is 14.0. The maximum absolute atomic E-state index is 11.7. The molecule has 0 radical (unpaired) electrons. The van der Waals surface area contributed by atoms with Gasteiger partial charge in [-0.3, -0.25) is 9.59 Å². The van der Waals surface area contributed by atoms with E-state index >= 15 is 0 Å². The van der Waals surface area contributed by atoms with Crippen LogP contribution in [0.2, 0.25) is 0 Å². The Morgan fingerprint density at radius 2 is 1.82 bits per heavy atom. The molecule has 1 heterocycles. The summed E-state index contributed by atoms with van der Waals surface area (Å²) in [5, 5.41) is 0. The summed E-state index contributed by atoms with van der Waals surface area (Å²) in [4.78, 5) is 25.5. The van der Waals surface area contributed by atoms with Gasteiger partial charge in [0.2, 0.25) is 12.3 Å². The number of rotatable bonds is 5. The minimum atomic E-state index is -2.99. The summed E-state index contributed by atoms with van der Waals surface area (Å²) in [6.07, 6.45) is 2.57. The van der Waals surface area contributed by atoms with Crippen LogP contribution in [-0.4, -0.2) is 68.7 Å². The van der Waals surface area contributed by atoms with Crippen LogP contribution in [0, 0.1) is 0 Å². The first-order valence-corrected chi connectivity index (χ1v) is 7.63. The SMILES string of the molecule is CS(=O)(=O)CCCC(=O)N1CCN(C=O)CC1. The van der Waals surface area contributed by atoms with E-state index in [1.165, 1.54) is 6.26 Å². The minimum Gasteiger partial charge on any atom is -0.342 e. The number of carbonyl (C=O) groups is 2. The van der Waals surface area contributed by atoms with Gasteiger partial charge in [-0.1, -0.05) is 0 Å². The number of nitrogens with zero attached hydrogens (tertiary/aromatic N) is 2. The van der Waals surface area contributed by atoms with Crippen molar-refractivity contribution in [2.24, 2.45) is 0 Å². The van der Waals surface area contributed by atoms with Crippen LogP contribution >= 0.6 is 0 Å². The fraction of sp³-hybridized carbons (Fsp3) is 0.800. The molecule has 1 saturated heterocycles. The van der Waals surface area contributed by atoms with Gasteiger partial charge in [-0.05, 0) is 6.42 Å². The molecular formula is C10H18N2O4S. The van der Waals surface area contributed by atoms with Crippen LogP contribution < -0.4 is 0 Å². The number of sulfone groups is 1. The molecule has 17 heavy (non-hydrogen) atoms. The summed E-state index contributed by atoms with van der Waals surface area (Å²) in [5.41, 5.74) is 0. The zero-order valence-corrected chi connectivity index (χ0v) is 10.8. The number of hydrogen-bond donors (Lipinski definition) is 0. The van der Waals surface area contributed by atoms with Crippen LogP contribution in [0.5, 0.6) is 0 Å². The predicted octanol–water partition coefficient (Wildman–Crippen LogP) is -0.888. The standard InChI is InChI=1S/C10H18N2O4S/c1-17(15,16)8-2-3-10(14)12-6-4-11(9-13)5-7-12/h9H,2-8H2,1H3. The molecule has 0 aromatic carbocycles. The Kier molecular flexibility index (Phi) is 4.92. The molecule has 0 spiro atoms. The van der Waals surface area contributed by atoms with Crippen LogP contribution in [0.4, 0.5) is 0 Å². The minimum absolute atomic E-state index is 0.0285. The third-order valence-electron chi connectivity index (χ3n) is 2.72. The average Bonchev–Trinajstić information content (AvgIpc) is 2.27. The van der Waals surface area contributed by atoms with Gasteiger partial charge in [0.15, 0.2) is 0 Å². The first-order chi connectivity index (χ1) is 7.92. The molecule has 2 amide bonds. The van der Waals surface area contributed by atoms with Crippen molar-refractivity contribution in [1.82, 2.24) is 9.80 Å². The third-order valence-corrected chi connectivity index (χ3v) is 3.75. The molecule has 0 saturated carbocycles. The van der Waals surface area contributed by atoms with E-state index in [1.54, 1.807) is 9.80 Å². The molecular weight excluding hydrogens is 244 g/mol. The van der Waals surface area contributed by atoms with Gasteiger partial charge < -0.3 is 9.80 Å². The van der Waals surface area contributed by atoms with Crippen molar-refractivity contribution in [3.8, 4) is 0 Å². The van der Waals surface area contributed by atoms with Gasteiger partial charge in [0.1, 0.15) is 9.84 Å². The maximum atomic E-state index is 11.7. The molecule has 1 rings (SSSR count). The number of amides is 2. The Balaban J connectivity index is 2.27. The molecule has 1 aliphatic rings. The molecule has 0 unspecified atom stereocenters. The topological polar surface area (TPSA) is 74.8 Å². The van der Waals surface area contributed by atoms with Crippen molar-refractivity contribution in [2.75, 3.05) is 38.2 Å². The summed E-state index contributed by atoms with van der Waals surface area (Å²) in [5.74, 6) is 0.0201. The monoisotopic (exact) mass is 262 g/mol. The van der Waals surface area contributed by atoms with Gasteiger partial charge >= 0.3 is 0 Å². The largest absolute Gasteiger partial charge is 0.342 e. The lowest BCUT2D eigenvalue weighted by molar-refractivity contribution is -0.135. The molecule has 0 aromatic heterocycles. The van der Waals surface area contributed by atoms with Crippen LogP contribution in [-0.2, 0) is 19.4 Å². The number of carbonyl (C=O) groups excluding carboxylic acids is 2. The third kappa shape index (κ3) is 5.16. The Labute approximate surface area is 101 Å². The van der Waals surface area contributed by atoms with E-state index in [9.17, 15) is 18.0 Å². The second kappa shape index (κ2) is 6.00. The average molecular weight is 262 g/mol. The van der Waals surface area contributed by atoms with Crippen molar-refractivity contribution < 1.29 is 18.0 Å². The van der Waals surface area contributed by atoms with Gasteiger partial charge in [-0.15, -0.1) is 0 Å². The summed E-state index contributed by atoms with van der Waals surface area (Å²) >= 11 is 0. The van der Waals surface area contributed by atoms with E-state index in [2.05, 4.69) is 0 Å². The molecule has 0 N–H and O–H groups in total. The maximum Gasteiger partial charge on any atom is 0.222 e. The van der Waals surface area contributed by atoms with E-state index in [0.717, 1.165) is 6.41 Å². The molecule has 1 fully saturated rings. The molecule has 0 bridgehead atoms. The zero-order valence-electron chi connectivity index (χ0n) is 9.96. The summed E-state index contributed by atoms with van der Waals surface area (Å²) in [7, 11) is -2.99. The highest BCUT2D eigenvalue weighted by Crippen LogP contribution is 2.04. The normalized spacial score (nSPS) is 17.0. The zero-order chi connectivity index (χ0) is 12.9. The lowest BCUT2D eigenvalue weighted by atomic mass is 10.2. The van der Waals surface area contributed by atoms with Crippen LogP contribution in [0.15, 0.2) is 0 Å². The van der Waals surface area contributed by atoms with E-state index in [0.29, 0.717) is 32.6 Å². The van der Waals surface area contributed by atoms with E-state index in [4.69, 9.17) is 0 Å². The van der Waals surface area contributed by atoms with E-state index < -0.39 is 9.84 Å². The Morgan fingerprint density at radius 3 is 2.29 bits per heavy atom. The fourth-order valence-corrected chi connectivity index (χ4v) is 2.39. The van der Waals surface area contributed by atoms with Gasteiger partial charge in [0.05, 0.1) is 5.75 Å². The van der Waals surface area contributed by atoms with Crippen molar-refractivity contribution in [1.29, 1.82) is 0 Å². The summed E-state index contributed by atoms with van der Waals surface area (Å²) < 4.78 is 21.8. The van der Waals surface area contributed by atoms with E-state index in [1.807, 2.05) is 0 Å². The molecule has 1 aliphatic heterocycles. The lowest BCUT2D eigenvalue weighted by Crippen LogP contribution is -2.48. The number of piperazine rings is 1. The molecule has 7 heteroatoms.